The summed E-state index contributed by atoms with van der Waals surface area (Å²) < 4.78 is 10.4. The van der Waals surface area contributed by atoms with Gasteiger partial charge >= 0.3 is 0 Å². The highest BCUT2D eigenvalue weighted by atomic mass is 35.5. The maximum absolute atomic E-state index is 12.2. The lowest BCUT2D eigenvalue weighted by Crippen LogP contribution is -1.94. The molecule has 0 amide bonds. The van der Waals surface area contributed by atoms with Crippen molar-refractivity contribution < 1.29 is 14.3 Å². The average molecular weight is 337 g/mol. The SMILES string of the molecule is COc1ccc(/C=C\C(=O)c2ccc(Cl)c(Cl)c2)c(OC)c1. The third-order valence-electron chi connectivity index (χ3n) is 3.06. The van der Waals surface area contributed by atoms with Crippen LogP contribution in [0.15, 0.2) is 42.5 Å². The molecule has 2 aromatic rings. The molecule has 0 aromatic heterocycles. The first-order valence-corrected chi connectivity index (χ1v) is 7.20. The fraction of sp³-hybridized carbons (Fsp3) is 0.118. The molecule has 114 valence electrons. The Hall–Kier alpha value is -1.97. The molecule has 0 N–H and O–H groups in total. The normalized spacial score (nSPS) is 10.7. The molecule has 0 atom stereocenters. The molecule has 22 heavy (non-hydrogen) atoms. The predicted octanol–water partition coefficient (Wildman–Crippen LogP) is 4.91. The number of carbonyl (C=O) groups excluding carboxylic acids is 1. The van der Waals surface area contributed by atoms with Gasteiger partial charge in [-0.3, -0.25) is 4.79 Å². The number of hydrogen-bond donors (Lipinski definition) is 0. The lowest BCUT2D eigenvalue weighted by molar-refractivity contribution is 0.104. The van der Waals surface area contributed by atoms with Crippen molar-refractivity contribution in [3.63, 3.8) is 0 Å². The molecule has 0 heterocycles. The number of halogens is 2. The van der Waals surface area contributed by atoms with E-state index in [1.54, 1.807) is 50.6 Å². The van der Waals surface area contributed by atoms with Crippen LogP contribution in [0.5, 0.6) is 11.5 Å². The first-order valence-electron chi connectivity index (χ1n) is 6.44. The minimum atomic E-state index is -0.170. The van der Waals surface area contributed by atoms with Crippen molar-refractivity contribution in [1.29, 1.82) is 0 Å². The van der Waals surface area contributed by atoms with E-state index in [9.17, 15) is 4.79 Å². The van der Waals surface area contributed by atoms with Crippen LogP contribution in [-0.2, 0) is 0 Å². The van der Waals surface area contributed by atoms with E-state index in [4.69, 9.17) is 32.7 Å². The molecule has 5 heteroatoms. The van der Waals surface area contributed by atoms with Gasteiger partial charge in [-0.05, 0) is 42.5 Å². The Bertz CT molecular complexity index is 724. The maximum Gasteiger partial charge on any atom is 0.185 e. The molecular formula is C17H14Cl2O3. The lowest BCUT2D eigenvalue weighted by atomic mass is 10.1. The average Bonchev–Trinajstić information content (AvgIpc) is 2.54. The highest BCUT2D eigenvalue weighted by Gasteiger charge is 2.07. The van der Waals surface area contributed by atoms with Crippen LogP contribution in [0.3, 0.4) is 0 Å². The lowest BCUT2D eigenvalue weighted by Gasteiger charge is -2.07. The minimum absolute atomic E-state index is 0.170. The van der Waals surface area contributed by atoms with Gasteiger partial charge in [0.05, 0.1) is 24.3 Å². The zero-order valence-corrected chi connectivity index (χ0v) is 13.6. The van der Waals surface area contributed by atoms with Crippen LogP contribution in [0.4, 0.5) is 0 Å². The summed E-state index contributed by atoms with van der Waals surface area (Å²) in [6.45, 7) is 0. The second-order valence-electron chi connectivity index (χ2n) is 4.43. The van der Waals surface area contributed by atoms with Gasteiger partial charge in [0, 0.05) is 17.2 Å². The van der Waals surface area contributed by atoms with Crippen molar-refractivity contribution in [2.24, 2.45) is 0 Å². The fourth-order valence-corrected chi connectivity index (χ4v) is 2.17. The van der Waals surface area contributed by atoms with Gasteiger partial charge in [0.2, 0.25) is 0 Å². The van der Waals surface area contributed by atoms with Crippen molar-refractivity contribution in [2.45, 2.75) is 0 Å². The molecule has 0 saturated carbocycles. The highest BCUT2D eigenvalue weighted by molar-refractivity contribution is 6.42. The molecule has 0 radical (unpaired) electrons. The number of carbonyl (C=O) groups is 1. The van der Waals surface area contributed by atoms with Crippen LogP contribution < -0.4 is 9.47 Å². The Balaban J connectivity index is 2.24. The third kappa shape index (κ3) is 3.81. The van der Waals surface area contributed by atoms with Crippen molar-refractivity contribution in [2.75, 3.05) is 14.2 Å². The molecule has 0 aliphatic carbocycles. The number of allylic oxidation sites excluding steroid dienone is 1. The van der Waals surface area contributed by atoms with E-state index in [1.807, 2.05) is 6.07 Å². The molecule has 0 bridgehead atoms. The standard InChI is InChI=1S/C17H14Cl2O3/c1-21-13-6-3-11(17(10-13)22-2)5-8-16(20)12-4-7-14(18)15(19)9-12/h3-10H,1-2H3/b8-5-. The van der Waals surface area contributed by atoms with Gasteiger partial charge in [-0.15, -0.1) is 0 Å². The molecule has 0 unspecified atom stereocenters. The van der Waals surface area contributed by atoms with Gasteiger partial charge in [0.15, 0.2) is 5.78 Å². The first-order chi connectivity index (χ1) is 10.5. The summed E-state index contributed by atoms with van der Waals surface area (Å²) in [4.78, 5) is 12.2. The number of rotatable bonds is 5. The molecule has 0 aliphatic heterocycles. The molecule has 0 spiro atoms. The zero-order valence-electron chi connectivity index (χ0n) is 12.1. The van der Waals surface area contributed by atoms with Gasteiger partial charge in [-0.25, -0.2) is 0 Å². The Kier molecular flexibility index (Phi) is 5.47. The summed E-state index contributed by atoms with van der Waals surface area (Å²) in [7, 11) is 3.14. The summed E-state index contributed by atoms with van der Waals surface area (Å²) in [5.41, 5.74) is 1.25. The van der Waals surface area contributed by atoms with E-state index in [0.717, 1.165) is 5.56 Å². The van der Waals surface area contributed by atoms with E-state index in [0.29, 0.717) is 27.1 Å². The highest BCUT2D eigenvalue weighted by Crippen LogP contribution is 2.26. The van der Waals surface area contributed by atoms with Crippen LogP contribution >= 0.6 is 23.2 Å². The van der Waals surface area contributed by atoms with Crippen LogP contribution in [0, 0.1) is 0 Å². The monoisotopic (exact) mass is 336 g/mol. The smallest absolute Gasteiger partial charge is 0.185 e. The Morgan fingerprint density at radius 3 is 2.41 bits per heavy atom. The number of methoxy groups -OCH3 is 2. The van der Waals surface area contributed by atoms with Crippen molar-refractivity contribution in [1.82, 2.24) is 0 Å². The Morgan fingerprint density at radius 1 is 1.00 bits per heavy atom. The molecule has 0 saturated heterocycles. The van der Waals surface area contributed by atoms with Crippen molar-refractivity contribution in [3.05, 3.63) is 63.6 Å². The Labute approximate surface area is 139 Å². The largest absolute Gasteiger partial charge is 0.497 e. The van der Waals surface area contributed by atoms with Crippen molar-refractivity contribution >= 4 is 35.1 Å². The topological polar surface area (TPSA) is 35.5 Å². The second kappa shape index (κ2) is 7.34. The number of hydrogen-bond acceptors (Lipinski definition) is 3. The predicted molar refractivity (Wildman–Crippen MR) is 89.4 cm³/mol. The molecule has 2 aromatic carbocycles. The van der Waals surface area contributed by atoms with Gasteiger partial charge in [-0.2, -0.15) is 0 Å². The molecule has 0 aliphatic rings. The zero-order chi connectivity index (χ0) is 16.1. The van der Waals surface area contributed by atoms with Crippen molar-refractivity contribution in [3.8, 4) is 11.5 Å². The summed E-state index contributed by atoms with van der Waals surface area (Å²) in [5.74, 6) is 1.14. The molecular weight excluding hydrogens is 323 g/mol. The first kappa shape index (κ1) is 16.4. The molecule has 3 nitrogen and oxygen atoms in total. The number of ketones is 1. The molecule has 2 rings (SSSR count). The summed E-state index contributed by atoms with van der Waals surface area (Å²) in [5, 5.41) is 0.766. The summed E-state index contributed by atoms with van der Waals surface area (Å²) in [6, 6.07) is 10.1. The molecule has 0 fully saturated rings. The number of ether oxygens (including phenoxy) is 2. The summed E-state index contributed by atoms with van der Waals surface area (Å²) >= 11 is 11.8. The van der Waals surface area contributed by atoms with Crippen LogP contribution in [0.1, 0.15) is 15.9 Å². The van der Waals surface area contributed by atoms with E-state index >= 15 is 0 Å². The fourth-order valence-electron chi connectivity index (χ4n) is 1.87. The van der Waals surface area contributed by atoms with Crippen LogP contribution in [0.2, 0.25) is 10.0 Å². The Morgan fingerprint density at radius 2 is 1.77 bits per heavy atom. The van der Waals surface area contributed by atoms with Gasteiger partial charge < -0.3 is 9.47 Å². The quantitative estimate of drug-likeness (QED) is 0.575. The van der Waals surface area contributed by atoms with E-state index in [2.05, 4.69) is 0 Å². The van der Waals surface area contributed by atoms with Crippen LogP contribution in [-0.4, -0.2) is 20.0 Å². The van der Waals surface area contributed by atoms with Gasteiger partial charge in [0.1, 0.15) is 11.5 Å². The summed E-state index contributed by atoms with van der Waals surface area (Å²) in [6.07, 6.45) is 3.15. The number of benzene rings is 2. The van der Waals surface area contributed by atoms with E-state index in [-0.39, 0.29) is 5.78 Å². The van der Waals surface area contributed by atoms with E-state index in [1.165, 1.54) is 6.08 Å². The van der Waals surface area contributed by atoms with Crippen LogP contribution in [0.25, 0.3) is 6.08 Å². The van der Waals surface area contributed by atoms with Gasteiger partial charge in [0.25, 0.3) is 0 Å². The minimum Gasteiger partial charge on any atom is -0.497 e. The van der Waals surface area contributed by atoms with E-state index < -0.39 is 0 Å². The third-order valence-corrected chi connectivity index (χ3v) is 3.80. The van der Waals surface area contributed by atoms with Gasteiger partial charge in [-0.1, -0.05) is 23.2 Å². The second-order valence-corrected chi connectivity index (χ2v) is 5.25. The maximum atomic E-state index is 12.2.